The predicted molar refractivity (Wildman–Crippen MR) is 129 cm³/mol. The van der Waals surface area contributed by atoms with E-state index in [9.17, 15) is 8.42 Å². The smallest absolute Gasteiger partial charge is 0.243 e. The minimum absolute atomic E-state index is 0. The molecule has 3 saturated heterocycles. The molecule has 1 N–H and O–H groups in total. The van der Waals surface area contributed by atoms with E-state index >= 15 is 0 Å². The lowest BCUT2D eigenvalue weighted by Crippen LogP contribution is -2.41. The lowest BCUT2D eigenvalue weighted by atomic mass is 9.87. The van der Waals surface area contributed by atoms with Gasteiger partial charge in [-0.15, -0.1) is 24.0 Å². The van der Waals surface area contributed by atoms with Gasteiger partial charge in [-0.3, -0.25) is 0 Å². The summed E-state index contributed by atoms with van der Waals surface area (Å²) in [4.78, 5) is 7.53. The largest absolute Gasteiger partial charge is 0.381 e. The molecular weight excluding hydrogens is 515 g/mol. The van der Waals surface area contributed by atoms with E-state index in [0.717, 1.165) is 70.1 Å². The third-order valence-corrected chi connectivity index (χ3v) is 8.21. The number of nitrogens with zero attached hydrogens (tertiary/aromatic N) is 3. The molecule has 3 aliphatic rings. The fraction of sp³-hybridized carbons (Fsp3) is 0.667. The van der Waals surface area contributed by atoms with Gasteiger partial charge < -0.3 is 15.0 Å². The van der Waals surface area contributed by atoms with Crippen LogP contribution in [0, 0.1) is 5.41 Å². The highest BCUT2D eigenvalue weighted by molar-refractivity contribution is 14.0. The van der Waals surface area contributed by atoms with Crippen LogP contribution in [0.15, 0.2) is 34.2 Å². The van der Waals surface area contributed by atoms with Gasteiger partial charge in [-0.05, 0) is 50.3 Å². The van der Waals surface area contributed by atoms with Crippen molar-refractivity contribution in [3.05, 3.63) is 29.8 Å². The maximum absolute atomic E-state index is 12.7. The lowest BCUT2D eigenvalue weighted by molar-refractivity contribution is 0.156. The minimum atomic E-state index is -3.36. The number of benzene rings is 1. The molecule has 1 atom stereocenters. The second kappa shape index (κ2) is 10.1. The first-order valence-corrected chi connectivity index (χ1v) is 12.2. The summed E-state index contributed by atoms with van der Waals surface area (Å²) in [5.41, 5.74) is 1.31. The Balaban J connectivity index is 0.00000256. The molecule has 0 saturated carbocycles. The van der Waals surface area contributed by atoms with Crippen LogP contribution in [-0.4, -0.2) is 69.5 Å². The van der Waals surface area contributed by atoms with Gasteiger partial charge in [0, 0.05) is 44.7 Å². The number of nitrogens with one attached hydrogen (secondary N) is 1. The van der Waals surface area contributed by atoms with Crippen molar-refractivity contribution in [3.8, 4) is 0 Å². The third kappa shape index (κ3) is 5.11. The van der Waals surface area contributed by atoms with Crippen molar-refractivity contribution < 1.29 is 13.2 Å². The van der Waals surface area contributed by atoms with E-state index in [-0.39, 0.29) is 24.0 Å². The van der Waals surface area contributed by atoms with Gasteiger partial charge in [-0.25, -0.2) is 13.4 Å². The zero-order valence-corrected chi connectivity index (χ0v) is 20.8. The van der Waals surface area contributed by atoms with E-state index in [1.165, 1.54) is 0 Å². The Morgan fingerprint density at radius 1 is 1.17 bits per heavy atom. The number of aliphatic imine (C=N–C) groups is 1. The highest BCUT2D eigenvalue weighted by Gasteiger charge is 2.42. The van der Waals surface area contributed by atoms with Crippen LogP contribution in [0.2, 0.25) is 0 Å². The van der Waals surface area contributed by atoms with E-state index in [0.29, 0.717) is 29.9 Å². The summed E-state index contributed by atoms with van der Waals surface area (Å²) in [6, 6.07) is 7.19. The highest BCUT2D eigenvalue weighted by Crippen LogP contribution is 2.38. The van der Waals surface area contributed by atoms with Crippen molar-refractivity contribution in [1.82, 2.24) is 14.5 Å². The van der Waals surface area contributed by atoms with Crippen LogP contribution < -0.4 is 5.32 Å². The number of guanidine groups is 1. The SMILES string of the molecule is CCNC(=NCc1ccc(S(=O)(=O)N2CCCC2)cc1)N1CCC2(CCOC2)C1.I. The van der Waals surface area contributed by atoms with Crippen LogP contribution >= 0.6 is 24.0 Å². The van der Waals surface area contributed by atoms with Gasteiger partial charge in [0.05, 0.1) is 18.0 Å². The molecule has 168 valence electrons. The second-order valence-corrected chi connectivity index (χ2v) is 10.3. The Hall–Kier alpha value is -0.910. The zero-order chi connectivity index (χ0) is 20.3. The molecule has 3 aliphatic heterocycles. The lowest BCUT2D eigenvalue weighted by Gasteiger charge is -2.25. The van der Waals surface area contributed by atoms with Gasteiger partial charge in [0.25, 0.3) is 0 Å². The predicted octanol–water partition coefficient (Wildman–Crippen LogP) is 2.67. The second-order valence-electron chi connectivity index (χ2n) is 8.40. The summed E-state index contributed by atoms with van der Waals surface area (Å²) in [6.45, 7) is 8.42. The van der Waals surface area contributed by atoms with Gasteiger partial charge in [0.1, 0.15) is 0 Å². The van der Waals surface area contributed by atoms with Crippen molar-refractivity contribution in [1.29, 1.82) is 0 Å². The molecule has 1 aromatic rings. The summed E-state index contributed by atoms with van der Waals surface area (Å²) in [6.07, 6.45) is 4.18. The van der Waals surface area contributed by atoms with E-state index in [2.05, 4.69) is 17.1 Å². The van der Waals surface area contributed by atoms with Gasteiger partial charge in [-0.1, -0.05) is 12.1 Å². The highest BCUT2D eigenvalue weighted by atomic mass is 127. The van der Waals surface area contributed by atoms with Crippen LogP contribution in [0.4, 0.5) is 0 Å². The standard InChI is InChI=1S/C21H32N4O3S.HI/c1-2-22-20(24-13-9-21(16-24)10-14-28-17-21)23-15-18-5-7-19(8-6-18)29(26,27)25-11-3-4-12-25;/h5-8H,2-4,9-17H2,1H3,(H,22,23);1H. The number of hydrogen-bond acceptors (Lipinski definition) is 4. The minimum Gasteiger partial charge on any atom is -0.381 e. The Morgan fingerprint density at radius 2 is 1.90 bits per heavy atom. The molecule has 0 radical (unpaired) electrons. The van der Waals surface area contributed by atoms with Gasteiger partial charge in [-0.2, -0.15) is 4.31 Å². The van der Waals surface area contributed by atoms with Gasteiger partial charge >= 0.3 is 0 Å². The quantitative estimate of drug-likeness (QED) is 0.348. The summed E-state index contributed by atoms with van der Waals surface area (Å²) in [7, 11) is -3.36. The molecule has 3 heterocycles. The molecule has 0 amide bonds. The molecule has 30 heavy (non-hydrogen) atoms. The summed E-state index contributed by atoms with van der Waals surface area (Å²) in [5, 5.41) is 3.41. The summed E-state index contributed by atoms with van der Waals surface area (Å²) >= 11 is 0. The van der Waals surface area contributed by atoms with Crippen LogP contribution in [0.3, 0.4) is 0 Å². The maximum atomic E-state index is 12.7. The Morgan fingerprint density at radius 3 is 2.53 bits per heavy atom. The van der Waals surface area contributed by atoms with Crippen LogP contribution in [0.25, 0.3) is 0 Å². The Labute approximate surface area is 197 Å². The Kier molecular flexibility index (Phi) is 8.03. The monoisotopic (exact) mass is 548 g/mol. The van der Waals surface area contributed by atoms with Crippen LogP contribution in [-0.2, 0) is 21.3 Å². The first-order valence-electron chi connectivity index (χ1n) is 10.7. The number of halogens is 1. The fourth-order valence-corrected chi connectivity index (χ4v) is 6.04. The molecule has 1 aromatic carbocycles. The molecule has 1 unspecified atom stereocenters. The first-order chi connectivity index (χ1) is 14.0. The molecule has 0 aliphatic carbocycles. The van der Waals surface area contributed by atoms with Crippen molar-refractivity contribution in [2.24, 2.45) is 10.4 Å². The average Bonchev–Trinajstić information content (AvgIpc) is 3.49. The zero-order valence-electron chi connectivity index (χ0n) is 17.7. The molecule has 1 spiro atoms. The number of hydrogen-bond donors (Lipinski definition) is 1. The van der Waals surface area contributed by atoms with Crippen molar-refractivity contribution in [2.75, 3.05) is 45.9 Å². The average molecular weight is 548 g/mol. The van der Waals surface area contributed by atoms with Crippen LogP contribution in [0.5, 0.6) is 0 Å². The number of likely N-dealkylation sites (tertiary alicyclic amines) is 1. The van der Waals surface area contributed by atoms with E-state index in [4.69, 9.17) is 9.73 Å². The molecular formula is C21H33IN4O3S. The topological polar surface area (TPSA) is 74.2 Å². The van der Waals surface area contributed by atoms with Crippen molar-refractivity contribution >= 4 is 40.0 Å². The molecule has 7 nitrogen and oxygen atoms in total. The number of sulfonamides is 1. The van der Waals surface area contributed by atoms with E-state index in [1.807, 2.05) is 12.1 Å². The number of rotatable bonds is 5. The van der Waals surface area contributed by atoms with Crippen LogP contribution in [0.1, 0.15) is 38.2 Å². The van der Waals surface area contributed by atoms with E-state index < -0.39 is 10.0 Å². The molecule has 0 aromatic heterocycles. The molecule has 4 rings (SSSR count). The Bertz CT molecular complexity index is 832. The first kappa shape index (κ1) is 23.7. The fourth-order valence-electron chi connectivity index (χ4n) is 4.52. The van der Waals surface area contributed by atoms with Gasteiger partial charge in [0.15, 0.2) is 5.96 Å². The van der Waals surface area contributed by atoms with E-state index in [1.54, 1.807) is 16.4 Å². The molecule has 0 bridgehead atoms. The van der Waals surface area contributed by atoms with Crippen molar-refractivity contribution in [2.45, 2.75) is 44.0 Å². The molecule has 3 fully saturated rings. The summed E-state index contributed by atoms with van der Waals surface area (Å²) < 4.78 is 32.5. The van der Waals surface area contributed by atoms with Crippen molar-refractivity contribution in [3.63, 3.8) is 0 Å². The molecule has 9 heteroatoms. The normalized spacial score (nSPS) is 25.1. The third-order valence-electron chi connectivity index (χ3n) is 6.30. The summed E-state index contributed by atoms with van der Waals surface area (Å²) in [5.74, 6) is 0.935. The van der Waals surface area contributed by atoms with Gasteiger partial charge in [0.2, 0.25) is 10.0 Å². The number of ether oxygens (including phenoxy) is 1. The maximum Gasteiger partial charge on any atom is 0.243 e.